The Hall–Kier alpha value is -1.91. The third-order valence-electron chi connectivity index (χ3n) is 3.83. The molecule has 5 heteroatoms. The molecule has 1 aromatic carbocycles. The molecule has 0 saturated carbocycles. The molecule has 108 valence electrons. The van der Waals surface area contributed by atoms with Crippen LogP contribution in [-0.2, 0) is 0 Å². The summed E-state index contributed by atoms with van der Waals surface area (Å²) in [5.41, 5.74) is -0.198. The third kappa shape index (κ3) is 2.98. The lowest BCUT2D eigenvalue weighted by atomic mass is 9.95. The number of halogens is 1. The first-order valence-corrected chi connectivity index (χ1v) is 6.85. The zero-order valence-electron chi connectivity index (χ0n) is 11.4. The Morgan fingerprint density at radius 2 is 2.20 bits per heavy atom. The summed E-state index contributed by atoms with van der Waals surface area (Å²) in [7, 11) is 0. The normalized spacial score (nSPS) is 18.9. The second-order valence-corrected chi connectivity index (χ2v) is 5.17. The number of piperidine rings is 1. The van der Waals surface area contributed by atoms with E-state index in [1.165, 1.54) is 12.1 Å². The summed E-state index contributed by atoms with van der Waals surface area (Å²) in [5.74, 6) is -1.85. The molecule has 4 nitrogen and oxygen atoms in total. The maximum Gasteiger partial charge on any atom is 0.335 e. The zero-order chi connectivity index (χ0) is 14.7. The van der Waals surface area contributed by atoms with Crippen molar-refractivity contribution in [1.29, 1.82) is 0 Å². The smallest absolute Gasteiger partial charge is 0.335 e. The van der Waals surface area contributed by atoms with Crippen LogP contribution in [0.2, 0.25) is 0 Å². The number of likely N-dealkylation sites (tertiary alicyclic amines) is 1. The zero-order valence-corrected chi connectivity index (χ0v) is 11.4. The minimum absolute atomic E-state index is 0.0493. The number of amides is 1. The van der Waals surface area contributed by atoms with Gasteiger partial charge in [-0.25, -0.2) is 9.18 Å². The van der Waals surface area contributed by atoms with Crippen LogP contribution < -0.4 is 0 Å². The molecule has 0 spiro atoms. The summed E-state index contributed by atoms with van der Waals surface area (Å²) in [4.78, 5) is 24.7. The van der Waals surface area contributed by atoms with Crippen LogP contribution in [0.15, 0.2) is 18.2 Å². The topological polar surface area (TPSA) is 57.6 Å². The van der Waals surface area contributed by atoms with E-state index in [-0.39, 0.29) is 17.0 Å². The first-order chi connectivity index (χ1) is 9.52. The number of nitrogens with zero attached hydrogens (tertiary/aromatic N) is 1. The standard InChI is InChI=1S/C15H18FNO3/c1-2-10-4-3-7-17(9-10)14(18)12-6-5-11(15(19)20)8-13(12)16/h5-6,8,10H,2-4,7,9H2,1H3,(H,19,20). The third-order valence-corrected chi connectivity index (χ3v) is 3.83. The van der Waals surface area contributed by atoms with Crippen molar-refractivity contribution in [2.75, 3.05) is 13.1 Å². The molecule has 1 saturated heterocycles. The lowest BCUT2D eigenvalue weighted by molar-refractivity contribution is 0.0660. The highest BCUT2D eigenvalue weighted by Gasteiger charge is 2.25. The maximum absolute atomic E-state index is 13.9. The number of aromatic carboxylic acids is 1. The summed E-state index contributed by atoms with van der Waals surface area (Å²) in [5, 5.41) is 8.79. The van der Waals surface area contributed by atoms with Gasteiger partial charge in [0.2, 0.25) is 0 Å². The predicted octanol–water partition coefficient (Wildman–Crippen LogP) is 2.79. The fourth-order valence-corrected chi connectivity index (χ4v) is 2.57. The monoisotopic (exact) mass is 279 g/mol. The predicted molar refractivity (Wildman–Crippen MR) is 72.3 cm³/mol. The molecule has 0 radical (unpaired) electrons. The largest absolute Gasteiger partial charge is 0.478 e. The average molecular weight is 279 g/mol. The van der Waals surface area contributed by atoms with Gasteiger partial charge in [-0.3, -0.25) is 4.79 Å². The van der Waals surface area contributed by atoms with Gasteiger partial charge in [-0.15, -0.1) is 0 Å². The van der Waals surface area contributed by atoms with Crippen molar-refractivity contribution in [2.45, 2.75) is 26.2 Å². The molecular formula is C15H18FNO3. The molecule has 0 bridgehead atoms. The van der Waals surface area contributed by atoms with Gasteiger partial charge < -0.3 is 10.0 Å². The summed E-state index contributed by atoms with van der Waals surface area (Å²) in [6.45, 7) is 3.37. The summed E-state index contributed by atoms with van der Waals surface area (Å²) < 4.78 is 13.9. The first-order valence-electron chi connectivity index (χ1n) is 6.85. The Morgan fingerprint density at radius 3 is 2.80 bits per heavy atom. The molecule has 20 heavy (non-hydrogen) atoms. The van der Waals surface area contributed by atoms with Crippen LogP contribution in [-0.4, -0.2) is 35.0 Å². The van der Waals surface area contributed by atoms with Crippen molar-refractivity contribution in [3.8, 4) is 0 Å². The number of carbonyl (C=O) groups is 2. The van der Waals surface area contributed by atoms with E-state index in [0.29, 0.717) is 19.0 Å². The molecule has 0 aromatic heterocycles. The number of carboxylic acid groups (broad SMARTS) is 1. The summed E-state index contributed by atoms with van der Waals surface area (Å²) >= 11 is 0. The number of rotatable bonds is 3. The lowest BCUT2D eigenvalue weighted by Gasteiger charge is -2.32. The number of hydrogen-bond donors (Lipinski definition) is 1. The molecule has 1 aliphatic heterocycles. The average Bonchev–Trinajstić information content (AvgIpc) is 2.46. The van der Waals surface area contributed by atoms with Gasteiger partial charge >= 0.3 is 5.97 Å². The van der Waals surface area contributed by atoms with Crippen molar-refractivity contribution < 1.29 is 19.1 Å². The van der Waals surface area contributed by atoms with Gasteiger partial charge in [0.1, 0.15) is 5.82 Å². The maximum atomic E-state index is 13.9. The van der Waals surface area contributed by atoms with Gasteiger partial charge in [0.25, 0.3) is 5.91 Å². The Kier molecular flexibility index (Phi) is 4.37. The molecule has 1 aliphatic rings. The van der Waals surface area contributed by atoms with Crippen molar-refractivity contribution in [3.63, 3.8) is 0 Å². The fraction of sp³-hybridized carbons (Fsp3) is 0.467. The highest BCUT2D eigenvalue weighted by atomic mass is 19.1. The molecular weight excluding hydrogens is 261 g/mol. The van der Waals surface area contributed by atoms with E-state index in [9.17, 15) is 14.0 Å². The molecule has 1 heterocycles. The van der Waals surface area contributed by atoms with E-state index >= 15 is 0 Å². The Labute approximate surface area is 117 Å². The van der Waals surface area contributed by atoms with Crippen LogP contribution in [0.3, 0.4) is 0 Å². The van der Waals surface area contributed by atoms with E-state index in [0.717, 1.165) is 25.3 Å². The quantitative estimate of drug-likeness (QED) is 0.925. The number of hydrogen-bond acceptors (Lipinski definition) is 2. The lowest BCUT2D eigenvalue weighted by Crippen LogP contribution is -2.40. The van der Waals surface area contributed by atoms with Crippen LogP contribution in [0.25, 0.3) is 0 Å². The minimum Gasteiger partial charge on any atom is -0.478 e. The van der Waals surface area contributed by atoms with Crippen LogP contribution in [0.4, 0.5) is 4.39 Å². The van der Waals surface area contributed by atoms with E-state index in [4.69, 9.17) is 5.11 Å². The molecule has 1 N–H and O–H groups in total. The van der Waals surface area contributed by atoms with E-state index in [1.54, 1.807) is 4.90 Å². The molecule has 1 atom stereocenters. The van der Waals surface area contributed by atoms with Gasteiger partial charge in [-0.1, -0.05) is 13.3 Å². The van der Waals surface area contributed by atoms with Gasteiger partial charge in [-0.2, -0.15) is 0 Å². The molecule has 1 unspecified atom stereocenters. The summed E-state index contributed by atoms with van der Waals surface area (Å²) in [6, 6.07) is 3.42. The first kappa shape index (κ1) is 14.5. The molecule has 1 fully saturated rings. The van der Waals surface area contributed by atoms with Crippen LogP contribution in [0.1, 0.15) is 46.9 Å². The van der Waals surface area contributed by atoms with Gasteiger partial charge in [0.15, 0.2) is 0 Å². The molecule has 0 aliphatic carbocycles. The van der Waals surface area contributed by atoms with Crippen LogP contribution >= 0.6 is 0 Å². The van der Waals surface area contributed by atoms with E-state index in [2.05, 4.69) is 6.92 Å². The second-order valence-electron chi connectivity index (χ2n) is 5.17. The molecule has 2 rings (SSSR count). The van der Waals surface area contributed by atoms with Crippen LogP contribution in [0.5, 0.6) is 0 Å². The number of benzene rings is 1. The number of carboxylic acids is 1. The van der Waals surface area contributed by atoms with Gasteiger partial charge in [-0.05, 0) is 37.0 Å². The number of carbonyl (C=O) groups excluding carboxylic acids is 1. The SMILES string of the molecule is CCC1CCCN(C(=O)c2ccc(C(=O)O)cc2F)C1. The Bertz CT molecular complexity index is 530. The van der Waals surface area contributed by atoms with Gasteiger partial charge in [0.05, 0.1) is 11.1 Å². The second kappa shape index (κ2) is 6.03. The summed E-state index contributed by atoms with van der Waals surface area (Å²) in [6.07, 6.45) is 3.03. The Morgan fingerprint density at radius 1 is 1.45 bits per heavy atom. The van der Waals surface area contributed by atoms with Crippen molar-refractivity contribution in [2.24, 2.45) is 5.92 Å². The van der Waals surface area contributed by atoms with Crippen molar-refractivity contribution in [1.82, 2.24) is 4.90 Å². The highest BCUT2D eigenvalue weighted by Crippen LogP contribution is 2.22. The minimum atomic E-state index is -1.20. The molecule has 1 amide bonds. The van der Waals surface area contributed by atoms with Crippen molar-refractivity contribution in [3.05, 3.63) is 35.1 Å². The fourth-order valence-electron chi connectivity index (χ4n) is 2.57. The van der Waals surface area contributed by atoms with Crippen molar-refractivity contribution >= 4 is 11.9 Å². The van der Waals surface area contributed by atoms with Gasteiger partial charge in [0, 0.05) is 13.1 Å². The van der Waals surface area contributed by atoms with Crippen LogP contribution in [0, 0.1) is 11.7 Å². The molecule has 1 aromatic rings. The highest BCUT2D eigenvalue weighted by molar-refractivity contribution is 5.96. The Balaban J connectivity index is 2.18. The van der Waals surface area contributed by atoms with E-state index < -0.39 is 11.8 Å². The van der Waals surface area contributed by atoms with E-state index in [1.807, 2.05) is 0 Å².